The lowest BCUT2D eigenvalue weighted by molar-refractivity contribution is -0.249. The molecule has 8 heteroatoms. The van der Waals surface area contributed by atoms with Crippen molar-refractivity contribution in [2.75, 3.05) is 0 Å². The minimum atomic E-state index is -5.13. The third-order valence-corrected chi connectivity index (χ3v) is 1.06. The molecule has 0 N–H and O–H groups in total. The first-order valence-corrected chi connectivity index (χ1v) is 3.69. The lowest BCUT2D eigenvalue weighted by Crippen LogP contribution is -2.25. The number of ether oxygens (including phenoxy) is 2. The minimum absolute atomic E-state index is 0.232. The molecule has 0 aliphatic rings. The minimum Gasteiger partial charge on any atom is -0.457 e. The molecule has 1 unspecified atom stereocenters. The van der Waals surface area contributed by atoms with E-state index in [2.05, 4.69) is 16.1 Å². The molecule has 0 aromatic rings. The summed E-state index contributed by atoms with van der Waals surface area (Å²) in [6.45, 7) is 2.97. The van der Waals surface area contributed by atoms with Crippen molar-refractivity contribution in [3.05, 3.63) is 24.1 Å². The Hall–Kier alpha value is -1.24. The first-order valence-electron chi connectivity index (χ1n) is 3.32. The van der Waals surface area contributed by atoms with Crippen LogP contribution in [-0.4, -0.2) is 18.5 Å². The molecule has 0 saturated heterocycles. The number of halogens is 5. The lowest BCUT2D eigenvalue weighted by Gasteiger charge is -2.10. The van der Waals surface area contributed by atoms with Gasteiger partial charge in [0.1, 0.15) is 17.6 Å². The van der Waals surface area contributed by atoms with Crippen LogP contribution in [-0.2, 0) is 14.3 Å². The second kappa shape index (κ2) is 5.59. The van der Waals surface area contributed by atoms with E-state index in [1.807, 2.05) is 0 Å². The molecule has 86 valence electrons. The third-order valence-electron chi connectivity index (χ3n) is 0.908. The molecule has 0 aromatic heterocycles. The summed E-state index contributed by atoms with van der Waals surface area (Å²) in [4.78, 5) is 10.5. The summed E-state index contributed by atoms with van der Waals surface area (Å²) >= 11 is 5.04. The van der Waals surface area contributed by atoms with E-state index in [0.717, 1.165) is 0 Å². The van der Waals surface area contributed by atoms with Gasteiger partial charge >= 0.3 is 18.5 Å². The second-order valence-electron chi connectivity index (χ2n) is 2.08. The highest BCUT2D eigenvalue weighted by atomic mass is 35.5. The summed E-state index contributed by atoms with van der Waals surface area (Å²) < 4.78 is 54.0. The van der Waals surface area contributed by atoms with Gasteiger partial charge in [-0.25, -0.2) is 4.79 Å². The Kier molecular flexibility index (Phi) is 5.13. The van der Waals surface area contributed by atoms with Crippen molar-refractivity contribution in [3.63, 3.8) is 0 Å². The van der Waals surface area contributed by atoms with Crippen LogP contribution in [0.3, 0.4) is 0 Å². The van der Waals surface area contributed by atoms with Gasteiger partial charge in [0.15, 0.2) is 0 Å². The Morgan fingerprint density at radius 2 is 1.93 bits per heavy atom. The van der Waals surface area contributed by atoms with Gasteiger partial charge in [-0.1, -0.05) is 18.2 Å². The highest BCUT2D eigenvalue weighted by molar-refractivity contribution is 6.40. The summed E-state index contributed by atoms with van der Waals surface area (Å²) in [5.41, 5.74) is 0. The van der Waals surface area contributed by atoms with E-state index >= 15 is 0 Å². The Balaban J connectivity index is 3.92. The maximum Gasteiger partial charge on any atom is 0.457 e. The van der Waals surface area contributed by atoms with E-state index in [0.29, 0.717) is 6.26 Å². The number of esters is 1. The van der Waals surface area contributed by atoms with Gasteiger partial charge in [0.2, 0.25) is 0 Å². The molecule has 0 aliphatic carbocycles. The maximum atomic E-state index is 12.0. The standard InChI is InChI=1S/C7H5ClF4O3/c1-4(8)5(13)14-2-3-15-6(9)7(10,11)12/h2-3,6H,1H2. The maximum absolute atomic E-state index is 12.0. The molecule has 3 nitrogen and oxygen atoms in total. The molecule has 0 bridgehead atoms. The zero-order chi connectivity index (χ0) is 12.1. The van der Waals surface area contributed by atoms with Crippen LogP contribution >= 0.6 is 11.6 Å². The van der Waals surface area contributed by atoms with Crippen molar-refractivity contribution in [1.82, 2.24) is 0 Å². The Labute approximate surface area is 86.9 Å². The van der Waals surface area contributed by atoms with Crippen molar-refractivity contribution in [1.29, 1.82) is 0 Å². The number of rotatable bonds is 4. The van der Waals surface area contributed by atoms with Crippen LogP contribution in [0.5, 0.6) is 0 Å². The Bertz CT molecular complexity index is 274. The van der Waals surface area contributed by atoms with E-state index < -0.39 is 23.5 Å². The van der Waals surface area contributed by atoms with E-state index in [1.54, 1.807) is 0 Å². The van der Waals surface area contributed by atoms with E-state index in [4.69, 9.17) is 11.6 Å². The summed E-state index contributed by atoms with van der Waals surface area (Å²) in [5.74, 6) is -1.08. The Morgan fingerprint density at radius 3 is 2.33 bits per heavy atom. The van der Waals surface area contributed by atoms with Crippen molar-refractivity contribution in [2.24, 2.45) is 0 Å². The smallest absolute Gasteiger partial charge is 0.457 e. The molecule has 0 aromatic carbocycles. The molecule has 0 fully saturated rings. The average Bonchev–Trinajstić information content (AvgIpc) is 2.09. The van der Waals surface area contributed by atoms with Crippen LogP contribution in [0.15, 0.2) is 24.1 Å². The highest BCUT2D eigenvalue weighted by Gasteiger charge is 2.41. The van der Waals surface area contributed by atoms with Crippen molar-refractivity contribution in [2.45, 2.75) is 12.5 Å². The summed E-state index contributed by atoms with van der Waals surface area (Å²) in [6.07, 6.45) is -7.97. The predicted octanol–water partition coefficient (Wildman–Crippen LogP) is 2.63. The first kappa shape index (κ1) is 13.8. The molecule has 0 heterocycles. The van der Waals surface area contributed by atoms with E-state index in [9.17, 15) is 22.4 Å². The van der Waals surface area contributed by atoms with Crippen LogP contribution < -0.4 is 0 Å². The first-order chi connectivity index (χ1) is 6.75. The number of alkyl halides is 4. The SMILES string of the molecule is C=C(Cl)C(=O)OC=COC(F)C(F)(F)F. The van der Waals surface area contributed by atoms with E-state index in [1.165, 1.54) is 0 Å². The molecular weight excluding hydrogens is 244 g/mol. The van der Waals surface area contributed by atoms with E-state index in [-0.39, 0.29) is 6.26 Å². The Morgan fingerprint density at radius 1 is 1.40 bits per heavy atom. The summed E-state index contributed by atoms with van der Waals surface area (Å²) in [5, 5.41) is -0.479. The molecule has 0 aliphatic heterocycles. The topological polar surface area (TPSA) is 35.5 Å². The monoisotopic (exact) mass is 248 g/mol. The fraction of sp³-hybridized carbons (Fsp3) is 0.286. The zero-order valence-electron chi connectivity index (χ0n) is 7.05. The van der Waals surface area contributed by atoms with Gasteiger partial charge in [-0.3, -0.25) is 0 Å². The fourth-order valence-corrected chi connectivity index (χ4v) is 0.376. The number of hydrogen-bond acceptors (Lipinski definition) is 3. The van der Waals surface area contributed by atoms with Crippen molar-refractivity contribution >= 4 is 17.6 Å². The molecular formula is C7H5ClF4O3. The highest BCUT2D eigenvalue weighted by Crippen LogP contribution is 2.23. The number of carbonyl (C=O) groups excluding carboxylic acids is 1. The van der Waals surface area contributed by atoms with Gasteiger partial charge in [-0.15, -0.1) is 0 Å². The molecule has 0 amide bonds. The largest absolute Gasteiger partial charge is 0.457 e. The third kappa shape index (κ3) is 5.95. The quantitative estimate of drug-likeness (QED) is 0.332. The summed E-state index contributed by atoms with van der Waals surface area (Å²) in [7, 11) is 0. The van der Waals surface area contributed by atoms with Gasteiger partial charge in [0.25, 0.3) is 0 Å². The number of carbonyl (C=O) groups is 1. The molecule has 1 atom stereocenters. The van der Waals surface area contributed by atoms with Gasteiger partial charge in [-0.05, 0) is 0 Å². The molecule has 0 saturated carbocycles. The van der Waals surface area contributed by atoms with Gasteiger partial charge in [-0.2, -0.15) is 17.6 Å². The molecule has 0 rings (SSSR count). The summed E-state index contributed by atoms with van der Waals surface area (Å²) in [6, 6.07) is 0. The average molecular weight is 249 g/mol. The van der Waals surface area contributed by atoms with Crippen LogP contribution in [0.4, 0.5) is 17.6 Å². The van der Waals surface area contributed by atoms with Crippen molar-refractivity contribution in [3.8, 4) is 0 Å². The van der Waals surface area contributed by atoms with Gasteiger partial charge in [0, 0.05) is 0 Å². The van der Waals surface area contributed by atoms with Gasteiger partial charge < -0.3 is 9.47 Å². The number of hydrogen-bond donors (Lipinski definition) is 0. The lowest BCUT2D eigenvalue weighted by atomic mass is 10.6. The van der Waals surface area contributed by atoms with Crippen LogP contribution in [0.2, 0.25) is 0 Å². The normalized spacial score (nSPS) is 13.7. The van der Waals surface area contributed by atoms with Crippen LogP contribution in [0, 0.1) is 0 Å². The zero-order valence-corrected chi connectivity index (χ0v) is 7.81. The van der Waals surface area contributed by atoms with Crippen LogP contribution in [0.1, 0.15) is 0 Å². The van der Waals surface area contributed by atoms with Crippen molar-refractivity contribution < 1.29 is 31.8 Å². The molecule has 0 radical (unpaired) electrons. The van der Waals surface area contributed by atoms with Gasteiger partial charge in [0.05, 0.1) is 0 Å². The molecule has 0 spiro atoms. The van der Waals surface area contributed by atoms with Crippen LogP contribution in [0.25, 0.3) is 0 Å². The second-order valence-corrected chi connectivity index (χ2v) is 2.53. The predicted molar refractivity (Wildman–Crippen MR) is 42.3 cm³/mol. The molecule has 15 heavy (non-hydrogen) atoms. The fourth-order valence-electron chi connectivity index (χ4n) is 0.332.